The lowest BCUT2D eigenvalue weighted by Gasteiger charge is -2.50. The van der Waals surface area contributed by atoms with Crippen molar-refractivity contribution >= 4 is 11.9 Å². The molecule has 0 spiro atoms. The van der Waals surface area contributed by atoms with Gasteiger partial charge >= 0.3 is 5.97 Å². The maximum Gasteiger partial charge on any atom is 0.356 e. The molecule has 0 aromatic carbocycles. The van der Waals surface area contributed by atoms with Gasteiger partial charge in [-0.05, 0) is 13.8 Å². The van der Waals surface area contributed by atoms with Crippen LogP contribution in [0.2, 0.25) is 0 Å². The van der Waals surface area contributed by atoms with Crippen LogP contribution in [0.1, 0.15) is 13.8 Å². The van der Waals surface area contributed by atoms with Crippen LogP contribution in [0.3, 0.4) is 0 Å². The standard InChI is InChI=1S/C10H13NO5/c1-4(12)7-6-3-16-5(2)8(10(14)15)11(6)9(7)13/h4,6-7,12H,3H2,1-2H3,(H,14,15)/t4-,6-,7+/m1/s1. The fraction of sp³-hybridized carbons (Fsp3) is 0.600. The molecule has 6 heteroatoms. The van der Waals surface area contributed by atoms with Crippen LogP contribution >= 0.6 is 0 Å². The lowest BCUT2D eigenvalue weighted by Crippen LogP contribution is -2.67. The maximum absolute atomic E-state index is 11.7. The van der Waals surface area contributed by atoms with Gasteiger partial charge in [-0.3, -0.25) is 9.69 Å². The average molecular weight is 227 g/mol. The van der Waals surface area contributed by atoms with Crippen LogP contribution in [-0.2, 0) is 14.3 Å². The number of aliphatic hydroxyl groups is 1. The van der Waals surface area contributed by atoms with Gasteiger partial charge in [-0.25, -0.2) is 4.79 Å². The molecule has 1 saturated heterocycles. The number of aliphatic carboxylic acids is 1. The van der Waals surface area contributed by atoms with Crippen LogP contribution in [0.25, 0.3) is 0 Å². The van der Waals surface area contributed by atoms with Crippen molar-refractivity contribution in [2.75, 3.05) is 6.61 Å². The first-order valence-corrected chi connectivity index (χ1v) is 5.03. The first-order valence-electron chi connectivity index (χ1n) is 5.03. The van der Waals surface area contributed by atoms with Gasteiger partial charge in [-0.1, -0.05) is 0 Å². The second-order valence-electron chi connectivity index (χ2n) is 4.06. The largest absolute Gasteiger partial charge is 0.494 e. The highest BCUT2D eigenvalue weighted by Gasteiger charge is 2.55. The normalized spacial score (nSPS) is 30.4. The molecule has 0 unspecified atom stereocenters. The van der Waals surface area contributed by atoms with E-state index in [-0.39, 0.29) is 30.0 Å². The number of β-lactam (4-membered cyclic amide) rings is 1. The van der Waals surface area contributed by atoms with Gasteiger partial charge in [-0.2, -0.15) is 0 Å². The van der Waals surface area contributed by atoms with Crippen LogP contribution < -0.4 is 0 Å². The number of nitrogens with zero attached hydrogens (tertiary/aromatic N) is 1. The van der Waals surface area contributed by atoms with Gasteiger partial charge in [0.25, 0.3) is 0 Å². The average Bonchev–Trinajstić information content (AvgIpc) is 2.17. The van der Waals surface area contributed by atoms with Crippen molar-refractivity contribution in [2.45, 2.75) is 26.0 Å². The van der Waals surface area contributed by atoms with E-state index in [1.807, 2.05) is 0 Å². The summed E-state index contributed by atoms with van der Waals surface area (Å²) in [6.45, 7) is 3.28. The van der Waals surface area contributed by atoms with Crippen molar-refractivity contribution in [3.05, 3.63) is 11.5 Å². The molecule has 1 amide bonds. The zero-order valence-corrected chi connectivity index (χ0v) is 9.01. The quantitative estimate of drug-likeness (QED) is 0.623. The fourth-order valence-electron chi connectivity index (χ4n) is 2.25. The number of carboxylic acid groups (broad SMARTS) is 1. The lowest BCUT2D eigenvalue weighted by molar-refractivity contribution is -0.171. The van der Waals surface area contributed by atoms with E-state index in [4.69, 9.17) is 9.84 Å². The van der Waals surface area contributed by atoms with Crippen molar-refractivity contribution in [2.24, 2.45) is 5.92 Å². The summed E-state index contributed by atoms with van der Waals surface area (Å²) in [5.41, 5.74) is -0.113. The van der Waals surface area contributed by atoms with E-state index in [0.717, 1.165) is 0 Å². The van der Waals surface area contributed by atoms with E-state index in [2.05, 4.69) is 0 Å². The minimum absolute atomic E-state index is 0.113. The Hall–Kier alpha value is -1.56. The lowest BCUT2D eigenvalue weighted by atomic mass is 9.82. The van der Waals surface area contributed by atoms with Crippen molar-refractivity contribution in [1.82, 2.24) is 4.90 Å². The first kappa shape index (κ1) is 10.9. The highest BCUT2D eigenvalue weighted by molar-refractivity contribution is 5.98. The van der Waals surface area contributed by atoms with Gasteiger partial charge in [0.05, 0.1) is 18.1 Å². The number of ether oxygens (including phenoxy) is 1. The molecule has 0 bridgehead atoms. The molecule has 2 aliphatic rings. The predicted octanol–water partition coefficient (Wildman–Crippen LogP) is -0.460. The number of hydrogen-bond acceptors (Lipinski definition) is 4. The van der Waals surface area contributed by atoms with E-state index >= 15 is 0 Å². The monoisotopic (exact) mass is 227 g/mol. The number of carbonyl (C=O) groups is 2. The topological polar surface area (TPSA) is 87.1 Å². The molecular formula is C10H13NO5. The highest BCUT2D eigenvalue weighted by Crippen LogP contribution is 2.37. The number of rotatable bonds is 2. The smallest absolute Gasteiger partial charge is 0.356 e. The van der Waals surface area contributed by atoms with E-state index in [1.165, 1.54) is 18.7 Å². The third-order valence-corrected chi connectivity index (χ3v) is 3.04. The van der Waals surface area contributed by atoms with E-state index in [9.17, 15) is 14.7 Å². The molecule has 0 saturated carbocycles. The minimum Gasteiger partial charge on any atom is -0.494 e. The predicted molar refractivity (Wildman–Crippen MR) is 52.1 cm³/mol. The summed E-state index contributed by atoms with van der Waals surface area (Å²) in [7, 11) is 0. The van der Waals surface area contributed by atoms with Gasteiger partial charge in [0.1, 0.15) is 12.4 Å². The van der Waals surface area contributed by atoms with Crippen molar-refractivity contribution in [3.8, 4) is 0 Å². The molecule has 0 aromatic heterocycles. The highest BCUT2D eigenvalue weighted by atomic mass is 16.5. The van der Waals surface area contributed by atoms with Crippen molar-refractivity contribution < 1.29 is 24.5 Å². The molecule has 3 atom stereocenters. The van der Waals surface area contributed by atoms with Crippen molar-refractivity contribution in [1.29, 1.82) is 0 Å². The maximum atomic E-state index is 11.7. The zero-order chi connectivity index (χ0) is 12.0. The summed E-state index contributed by atoms with van der Waals surface area (Å²) in [4.78, 5) is 23.9. The number of carbonyl (C=O) groups excluding carboxylic acids is 1. The number of fused-ring (bicyclic) bond motifs is 1. The van der Waals surface area contributed by atoms with Gasteiger partial charge in [0.15, 0.2) is 5.70 Å². The summed E-state index contributed by atoms with van der Waals surface area (Å²) in [6, 6.07) is -0.359. The Kier molecular flexibility index (Phi) is 2.38. The van der Waals surface area contributed by atoms with Gasteiger partial charge in [0.2, 0.25) is 5.91 Å². The van der Waals surface area contributed by atoms with Crippen molar-refractivity contribution in [3.63, 3.8) is 0 Å². The Morgan fingerprint density at radius 3 is 2.75 bits per heavy atom. The molecule has 2 heterocycles. The zero-order valence-electron chi connectivity index (χ0n) is 9.01. The SMILES string of the molecule is CC1=C(C(=O)O)N2C(=O)[C@@H]([C@@H](C)O)[C@H]2CO1. The Morgan fingerprint density at radius 2 is 2.25 bits per heavy atom. The minimum atomic E-state index is -1.18. The summed E-state index contributed by atoms with van der Waals surface area (Å²) < 4.78 is 5.21. The van der Waals surface area contributed by atoms with Crippen LogP contribution in [-0.4, -0.2) is 45.7 Å². The van der Waals surface area contributed by atoms with Crippen LogP contribution in [0, 0.1) is 5.92 Å². The molecule has 1 fully saturated rings. The number of carboxylic acids is 1. The molecule has 88 valence electrons. The molecule has 0 aliphatic carbocycles. The molecule has 2 aliphatic heterocycles. The molecule has 2 N–H and O–H groups in total. The Bertz CT molecular complexity index is 387. The second kappa shape index (κ2) is 3.48. The number of amides is 1. The van der Waals surface area contributed by atoms with Gasteiger partial charge < -0.3 is 14.9 Å². The molecule has 16 heavy (non-hydrogen) atoms. The van der Waals surface area contributed by atoms with Crippen LogP contribution in [0.4, 0.5) is 0 Å². The fourth-order valence-corrected chi connectivity index (χ4v) is 2.25. The van der Waals surface area contributed by atoms with Crippen LogP contribution in [0.5, 0.6) is 0 Å². The van der Waals surface area contributed by atoms with E-state index in [1.54, 1.807) is 0 Å². The van der Waals surface area contributed by atoms with E-state index in [0.29, 0.717) is 0 Å². The third kappa shape index (κ3) is 1.30. The molecule has 2 rings (SSSR count). The Labute approximate surface area is 92.1 Å². The number of aliphatic hydroxyl groups excluding tert-OH is 1. The summed E-state index contributed by atoms with van der Waals surface area (Å²) in [5, 5.41) is 18.4. The number of allylic oxidation sites excluding steroid dienone is 1. The third-order valence-electron chi connectivity index (χ3n) is 3.04. The molecular weight excluding hydrogens is 214 g/mol. The first-order chi connectivity index (χ1) is 7.45. The Morgan fingerprint density at radius 1 is 1.62 bits per heavy atom. The summed E-state index contributed by atoms with van der Waals surface area (Å²) in [6.07, 6.45) is -0.786. The summed E-state index contributed by atoms with van der Waals surface area (Å²) >= 11 is 0. The second-order valence-corrected chi connectivity index (χ2v) is 4.06. The molecule has 0 aromatic rings. The Balaban J connectivity index is 2.31. The summed E-state index contributed by atoms with van der Waals surface area (Å²) in [5.74, 6) is -1.84. The van der Waals surface area contributed by atoms with Crippen LogP contribution in [0.15, 0.2) is 11.5 Å². The molecule has 6 nitrogen and oxygen atoms in total. The number of hydrogen-bond donors (Lipinski definition) is 2. The van der Waals surface area contributed by atoms with Gasteiger partial charge in [-0.15, -0.1) is 0 Å². The molecule has 0 radical (unpaired) electrons. The van der Waals surface area contributed by atoms with E-state index < -0.39 is 18.0 Å². The van der Waals surface area contributed by atoms with Gasteiger partial charge in [0, 0.05) is 0 Å².